The zero-order chi connectivity index (χ0) is 15.9. The van der Waals surface area contributed by atoms with Crippen LogP contribution in [0.5, 0.6) is 0 Å². The Kier molecular flexibility index (Phi) is 11.1. The summed E-state index contributed by atoms with van der Waals surface area (Å²) in [5, 5.41) is 0. The van der Waals surface area contributed by atoms with Crippen LogP contribution in [0.15, 0.2) is 24.3 Å². The summed E-state index contributed by atoms with van der Waals surface area (Å²) in [6.45, 7) is 5.62. The van der Waals surface area contributed by atoms with Crippen LogP contribution in [0.1, 0.15) is 38.2 Å². The van der Waals surface area contributed by atoms with E-state index in [2.05, 4.69) is 11.8 Å². The maximum atomic E-state index is 12.4. The first-order valence-electron chi connectivity index (χ1n) is 8.43. The smallest absolute Gasteiger partial charge is 0.222 e. The minimum absolute atomic E-state index is 0. The van der Waals surface area contributed by atoms with Crippen molar-refractivity contribution in [2.45, 2.75) is 45.1 Å². The SMILES string of the molecule is CCCN1CCC(N(C)C(=O)CCc2ccccc2N)CC1.Cl.Cl. The zero-order valence-electron chi connectivity index (χ0n) is 14.7. The summed E-state index contributed by atoms with van der Waals surface area (Å²) in [5.74, 6) is 0.234. The van der Waals surface area contributed by atoms with Crippen molar-refractivity contribution in [3.05, 3.63) is 29.8 Å². The van der Waals surface area contributed by atoms with Crippen LogP contribution < -0.4 is 5.73 Å². The van der Waals surface area contributed by atoms with Gasteiger partial charge in [-0.15, -0.1) is 24.8 Å². The Bertz CT molecular complexity index is 491. The molecule has 1 aliphatic heterocycles. The topological polar surface area (TPSA) is 49.6 Å². The molecule has 1 aliphatic rings. The van der Waals surface area contributed by atoms with Crippen molar-refractivity contribution in [3.8, 4) is 0 Å². The standard InChI is InChI=1S/C18H29N3O.2ClH/c1-3-12-21-13-10-16(11-14-21)20(2)18(22)9-8-15-6-4-5-7-17(15)19;;/h4-7,16H,3,8-14,19H2,1-2H3;2*1H. The third-order valence-corrected chi connectivity index (χ3v) is 4.70. The largest absolute Gasteiger partial charge is 0.399 e. The molecule has 1 saturated heterocycles. The van der Waals surface area contributed by atoms with Crippen molar-refractivity contribution in [2.24, 2.45) is 0 Å². The van der Waals surface area contributed by atoms with E-state index in [9.17, 15) is 4.79 Å². The van der Waals surface area contributed by atoms with E-state index in [4.69, 9.17) is 5.73 Å². The number of piperidine rings is 1. The second-order valence-electron chi connectivity index (χ2n) is 6.28. The lowest BCUT2D eigenvalue weighted by molar-refractivity contribution is -0.132. The van der Waals surface area contributed by atoms with Crippen LogP contribution in [0.3, 0.4) is 0 Å². The van der Waals surface area contributed by atoms with Gasteiger partial charge >= 0.3 is 0 Å². The molecule has 0 saturated carbocycles. The van der Waals surface area contributed by atoms with E-state index in [-0.39, 0.29) is 30.7 Å². The normalized spacial score (nSPS) is 15.2. The summed E-state index contributed by atoms with van der Waals surface area (Å²) in [7, 11) is 1.96. The van der Waals surface area contributed by atoms with Gasteiger partial charge in [-0.3, -0.25) is 4.79 Å². The molecule has 138 valence electrons. The number of hydrogen-bond acceptors (Lipinski definition) is 3. The highest BCUT2D eigenvalue weighted by Gasteiger charge is 2.24. The number of hydrogen-bond donors (Lipinski definition) is 1. The Morgan fingerprint density at radius 2 is 1.88 bits per heavy atom. The summed E-state index contributed by atoms with van der Waals surface area (Å²) in [4.78, 5) is 16.9. The Balaban J connectivity index is 0.00000264. The molecule has 0 aromatic heterocycles. The van der Waals surface area contributed by atoms with Gasteiger partial charge in [0.25, 0.3) is 0 Å². The van der Waals surface area contributed by atoms with Crippen LogP contribution >= 0.6 is 24.8 Å². The number of aryl methyl sites for hydroxylation is 1. The van der Waals surface area contributed by atoms with E-state index in [0.717, 1.165) is 43.6 Å². The van der Waals surface area contributed by atoms with Gasteiger partial charge in [-0.25, -0.2) is 0 Å². The van der Waals surface area contributed by atoms with Crippen molar-refractivity contribution >= 4 is 36.4 Å². The number of halogens is 2. The zero-order valence-corrected chi connectivity index (χ0v) is 16.4. The third-order valence-electron chi connectivity index (χ3n) is 4.70. The maximum absolute atomic E-state index is 12.4. The Morgan fingerprint density at radius 1 is 1.25 bits per heavy atom. The Labute approximate surface area is 158 Å². The van der Waals surface area contributed by atoms with Gasteiger partial charge in [-0.05, 0) is 43.9 Å². The quantitative estimate of drug-likeness (QED) is 0.775. The van der Waals surface area contributed by atoms with E-state index in [1.165, 1.54) is 13.0 Å². The minimum Gasteiger partial charge on any atom is -0.399 e. The van der Waals surface area contributed by atoms with Gasteiger partial charge in [0, 0.05) is 38.3 Å². The molecule has 1 aromatic rings. The molecule has 2 rings (SSSR count). The number of likely N-dealkylation sites (tertiary alicyclic amines) is 1. The fraction of sp³-hybridized carbons (Fsp3) is 0.611. The summed E-state index contributed by atoms with van der Waals surface area (Å²) >= 11 is 0. The number of carbonyl (C=O) groups is 1. The van der Waals surface area contributed by atoms with Crippen LogP contribution in [0.25, 0.3) is 0 Å². The minimum atomic E-state index is 0. The fourth-order valence-electron chi connectivity index (χ4n) is 3.23. The number of amides is 1. The van der Waals surface area contributed by atoms with Crippen LogP contribution in [0, 0.1) is 0 Å². The van der Waals surface area contributed by atoms with Crippen LogP contribution in [0.4, 0.5) is 5.69 Å². The molecule has 4 nitrogen and oxygen atoms in total. The van der Waals surface area contributed by atoms with Gasteiger partial charge in [-0.1, -0.05) is 25.1 Å². The number of anilines is 1. The van der Waals surface area contributed by atoms with Gasteiger partial charge in [0.05, 0.1) is 0 Å². The predicted octanol–water partition coefficient (Wildman–Crippen LogP) is 3.38. The number of nitrogens with zero attached hydrogens (tertiary/aromatic N) is 2. The first-order valence-corrected chi connectivity index (χ1v) is 8.43. The second-order valence-corrected chi connectivity index (χ2v) is 6.28. The Morgan fingerprint density at radius 3 is 2.46 bits per heavy atom. The summed E-state index contributed by atoms with van der Waals surface area (Å²) < 4.78 is 0. The summed E-state index contributed by atoms with van der Waals surface area (Å²) in [5.41, 5.74) is 7.79. The Hall–Kier alpha value is -0.970. The molecule has 0 radical (unpaired) electrons. The molecule has 24 heavy (non-hydrogen) atoms. The van der Waals surface area contributed by atoms with Crippen molar-refractivity contribution in [1.82, 2.24) is 9.80 Å². The molecule has 2 N–H and O–H groups in total. The number of rotatable bonds is 6. The average molecular weight is 376 g/mol. The first-order chi connectivity index (χ1) is 10.6. The molecule has 1 aromatic carbocycles. The summed E-state index contributed by atoms with van der Waals surface area (Å²) in [6, 6.07) is 8.20. The molecule has 6 heteroatoms. The predicted molar refractivity (Wildman–Crippen MR) is 106 cm³/mol. The lowest BCUT2D eigenvalue weighted by atomic mass is 10.0. The van der Waals surface area contributed by atoms with Gasteiger partial charge in [-0.2, -0.15) is 0 Å². The number of para-hydroxylation sites is 1. The lowest BCUT2D eigenvalue weighted by Crippen LogP contribution is -2.45. The van der Waals surface area contributed by atoms with Crippen molar-refractivity contribution < 1.29 is 4.79 Å². The first kappa shape index (κ1) is 23.0. The maximum Gasteiger partial charge on any atom is 0.222 e. The van der Waals surface area contributed by atoms with E-state index in [1.807, 2.05) is 36.2 Å². The van der Waals surface area contributed by atoms with Crippen LogP contribution in [-0.4, -0.2) is 48.4 Å². The number of nitrogens with two attached hydrogens (primary N) is 1. The number of nitrogen functional groups attached to an aromatic ring is 1. The molecule has 1 fully saturated rings. The molecule has 1 heterocycles. The number of carbonyl (C=O) groups excluding carboxylic acids is 1. The molecule has 0 aliphatic carbocycles. The van der Waals surface area contributed by atoms with Gasteiger partial charge in [0.2, 0.25) is 5.91 Å². The molecule has 0 unspecified atom stereocenters. The van der Waals surface area contributed by atoms with E-state index in [1.54, 1.807) is 0 Å². The molecule has 0 atom stereocenters. The molecular weight excluding hydrogens is 345 g/mol. The van der Waals surface area contributed by atoms with Crippen molar-refractivity contribution in [2.75, 3.05) is 32.4 Å². The number of benzene rings is 1. The average Bonchev–Trinajstić information content (AvgIpc) is 2.54. The molecule has 0 spiro atoms. The highest BCUT2D eigenvalue weighted by Crippen LogP contribution is 2.18. The lowest BCUT2D eigenvalue weighted by Gasteiger charge is -2.36. The van der Waals surface area contributed by atoms with E-state index >= 15 is 0 Å². The van der Waals surface area contributed by atoms with Crippen molar-refractivity contribution in [1.29, 1.82) is 0 Å². The molecule has 0 bridgehead atoms. The molecule has 1 amide bonds. The van der Waals surface area contributed by atoms with Crippen LogP contribution in [0.2, 0.25) is 0 Å². The van der Waals surface area contributed by atoms with Gasteiger partial charge in [0.15, 0.2) is 0 Å². The highest BCUT2D eigenvalue weighted by molar-refractivity contribution is 5.85. The monoisotopic (exact) mass is 375 g/mol. The van der Waals surface area contributed by atoms with Gasteiger partial charge < -0.3 is 15.5 Å². The fourth-order valence-corrected chi connectivity index (χ4v) is 3.23. The molecular formula is C18H31Cl2N3O. The van der Waals surface area contributed by atoms with Crippen molar-refractivity contribution in [3.63, 3.8) is 0 Å². The van der Waals surface area contributed by atoms with E-state index < -0.39 is 0 Å². The van der Waals surface area contributed by atoms with E-state index in [0.29, 0.717) is 12.5 Å². The van der Waals surface area contributed by atoms with Gasteiger partial charge in [0.1, 0.15) is 0 Å². The van der Waals surface area contributed by atoms with Crippen LogP contribution in [-0.2, 0) is 11.2 Å². The second kappa shape index (κ2) is 11.6. The highest BCUT2D eigenvalue weighted by atomic mass is 35.5. The third kappa shape index (κ3) is 6.50. The summed E-state index contributed by atoms with van der Waals surface area (Å²) in [6.07, 6.45) is 4.66.